The van der Waals surface area contributed by atoms with Crippen LogP contribution in [0.15, 0.2) is 30.3 Å². The Labute approximate surface area is 120 Å². The van der Waals surface area contributed by atoms with E-state index in [0.29, 0.717) is 10.6 Å². The van der Waals surface area contributed by atoms with E-state index in [0.717, 1.165) is 16.9 Å². The summed E-state index contributed by atoms with van der Waals surface area (Å²) in [7, 11) is 0. The summed E-state index contributed by atoms with van der Waals surface area (Å²) in [5.74, 6) is -0.238. The van der Waals surface area contributed by atoms with Gasteiger partial charge in [0.1, 0.15) is 0 Å². The van der Waals surface area contributed by atoms with Crippen LogP contribution in [-0.2, 0) is 6.42 Å². The highest BCUT2D eigenvalue weighted by Crippen LogP contribution is 2.24. The molecule has 0 saturated heterocycles. The molecule has 1 heterocycles. The van der Waals surface area contributed by atoms with Gasteiger partial charge in [0.25, 0.3) is 11.6 Å². The molecule has 6 heteroatoms. The van der Waals surface area contributed by atoms with E-state index >= 15 is 0 Å². The van der Waals surface area contributed by atoms with Crippen molar-refractivity contribution in [2.24, 2.45) is 0 Å². The number of amides is 1. The quantitative estimate of drug-likeness (QED) is 0.688. The van der Waals surface area contributed by atoms with Crippen LogP contribution in [0.4, 0.5) is 11.4 Å². The number of non-ortho nitro benzene ring substituents is 1. The second-order valence-corrected chi connectivity index (χ2v) is 5.56. The summed E-state index contributed by atoms with van der Waals surface area (Å²) in [5.41, 5.74) is 1.53. The predicted octanol–water partition coefficient (Wildman–Crippen LogP) is 3.78. The number of thiophene rings is 1. The normalized spacial score (nSPS) is 10.3. The summed E-state index contributed by atoms with van der Waals surface area (Å²) in [4.78, 5) is 24.0. The lowest BCUT2D eigenvalue weighted by atomic mass is 10.2. The molecule has 0 unspecified atom stereocenters. The van der Waals surface area contributed by atoms with Crippen LogP contribution in [0.3, 0.4) is 0 Å². The lowest BCUT2D eigenvalue weighted by Gasteiger charge is -2.02. The minimum absolute atomic E-state index is 0.0422. The summed E-state index contributed by atoms with van der Waals surface area (Å²) in [6.45, 7) is 4.02. The maximum atomic E-state index is 12.1. The molecule has 104 valence electrons. The first-order valence-electron chi connectivity index (χ1n) is 6.16. The van der Waals surface area contributed by atoms with Gasteiger partial charge in [-0.3, -0.25) is 14.9 Å². The second-order valence-electron chi connectivity index (χ2n) is 4.31. The fourth-order valence-electron chi connectivity index (χ4n) is 1.87. The van der Waals surface area contributed by atoms with Gasteiger partial charge in [-0.15, -0.1) is 11.3 Å². The van der Waals surface area contributed by atoms with Gasteiger partial charge in [-0.25, -0.2) is 0 Å². The molecule has 0 aliphatic heterocycles. The molecule has 2 rings (SSSR count). The summed E-state index contributed by atoms with van der Waals surface area (Å²) in [6, 6.07) is 7.78. The topological polar surface area (TPSA) is 72.2 Å². The van der Waals surface area contributed by atoms with Crippen molar-refractivity contribution in [2.45, 2.75) is 20.3 Å². The van der Waals surface area contributed by atoms with E-state index in [9.17, 15) is 14.9 Å². The summed E-state index contributed by atoms with van der Waals surface area (Å²) in [6.07, 6.45) is 0.881. The van der Waals surface area contributed by atoms with E-state index in [1.807, 2.05) is 19.9 Å². The van der Waals surface area contributed by atoms with Crippen molar-refractivity contribution in [1.29, 1.82) is 0 Å². The maximum absolute atomic E-state index is 12.1. The first kappa shape index (κ1) is 14.2. The third-order valence-corrected chi connectivity index (χ3v) is 4.03. The minimum atomic E-state index is -0.486. The molecule has 0 spiro atoms. The number of aryl methyl sites for hydroxylation is 2. The highest BCUT2D eigenvalue weighted by atomic mass is 32.1. The predicted molar refractivity (Wildman–Crippen MR) is 79.5 cm³/mol. The van der Waals surface area contributed by atoms with E-state index in [2.05, 4.69) is 5.32 Å². The number of rotatable bonds is 4. The lowest BCUT2D eigenvalue weighted by molar-refractivity contribution is -0.384. The molecule has 1 amide bonds. The Morgan fingerprint density at radius 1 is 1.40 bits per heavy atom. The van der Waals surface area contributed by atoms with Gasteiger partial charge in [0.15, 0.2) is 0 Å². The minimum Gasteiger partial charge on any atom is -0.321 e. The Kier molecular flexibility index (Phi) is 4.14. The van der Waals surface area contributed by atoms with Gasteiger partial charge >= 0.3 is 0 Å². The van der Waals surface area contributed by atoms with Crippen LogP contribution in [0.5, 0.6) is 0 Å². The van der Waals surface area contributed by atoms with Crippen molar-refractivity contribution >= 4 is 28.6 Å². The Morgan fingerprint density at radius 2 is 2.15 bits per heavy atom. The number of hydrogen-bond donors (Lipinski definition) is 1. The van der Waals surface area contributed by atoms with E-state index in [1.165, 1.54) is 23.5 Å². The van der Waals surface area contributed by atoms with Gasteiger partial charge in [0.05, 0.1) is 9.80 Å². The zero-order valence-corrected chi connectivity index (χ0v) is 12.0. The van der Waals surface area contributed by atoms with E-state index in [4.69, 9.17) is 0 Å². The number of benzene rings is 1. The van der Waals surface area contributed by atoms with Crippen molar-refractivity contribution in [3.8, 4) is 0 Å². The van der Waals surface area contributed by atoms with Gasteiger partial charge < -0.3 is 5.32 Å². The summed E-state index contributed by atoms with van der Waals surface area (Å²) in [5, 5.41) is 13.4. The second kappa shape index (κ2) is 5.83. The molecule has 0 atom stereocenters. The summed E-state index contributed by atoms with van der Waals surface area (Å²) >= 11 is 1.43. The summed E-state index contributed by atoms with van der Waals surface area (Å²) < 4.78 is 0. The molecule has 0 fully saturated rings. The Bertz CT molecular complexity index is 664. The smallest absolute Gasteiger partial charge is 0.271 e. The Morgan fingerprint density at radius 3 is 2.75 bits per heavy atom. The standard InChI is InChI=1S/C14H14N2O3S/c1-3-10-7-13(20-9(10)2)14(17)15-11-5-4-6-12(8-11)16(18)19/h4-8H,3H2,1-2H3,(H,15,17). The maximum Gasteiger partial charge on any atom is 0.271 e. The van der Waals surface area contributed by atoms with E-state index in [-0.39, 0.29) is 11.6 Å². The van der Waals surface area contributed by atoms with Crippen molar-refractivity contribution in [3.63, 3.8) is 0 Å². The van der Waals surface area contributed by atoms with Crippen molar-refractivity contribution in [2.75, 3.05) is 5.32 Å². The monoisotopic (exact) mass is 290 g/mol. The number of hydrogen-bond acceptors (Lipinski definition) is 4. The first-order chi connectivity index (χ1) is 9.51. The fraction of sp³-hybridized carbons (Fsp3) is 0.214. The molecular formula is C14H14N2O3S. The van der Waals surface area contributed by atoms with Gasteiger partial charge in [-0.1, -0.05) is 13.0 Å². The van der Waals surface area contributed by atoms with E-state index < -0.39 is 4.92 Å². The fourth-order valence-corrected chi connectivity index (χ4v) is 2.88. The molecule has 1 aromatic carbocycles. The Balaban J connectivity index is 2.18. The SMILES string of the molecule is CCc1cc(C(=O)Nc2cccc([N+](=O)[O-])c2)sc1C. The molecular weight excluding hydrogens is 276 g/mol. The number of carbonyl (C=O) groups is 1. The van der Waals surface area contributed by atoms with Crippen molar-refractivity contribution < 1.29 is 9.72 Å². The third-order valence-electron chi connectivity index (χ3n) is 2.94. The molecule has 0 radical (unpaired) electrons. The van der Waals surface area contributed by atoms with Crippen LogP contribution >= 0.6 is 11.3 Å². The number of carbonyl (C=O) groups excluding carboxylic acids is 1. The van der Waals surface area contributed by atoms with Crippen LogP contribution < -0.4 is 5.32 Å². The highest BCUT2D eigenvalue weighted by Gasteiger charge is 2.13. The zero-order chi connectivity index (χ0) is 14.7. The van der Waals surface area contributed by atoms with Crippen molar-refractivity contribution in [3.05, 3.63) is 55.8 Å². The van der Waals surface area contributed by atoms with Gasteiger partial charge in [-0.2, -0.15) is 0 Å². The number of nitrogens with one attached hydrogen (secondary N) is 1. The van der Waals surface area contributed by atoms with Crippen LogP contribution in [0, 0.1) is 17.0 Å². The molecule has 0 aliphatic rings. The van der Waals surface area contributed by atoms with Gasteiger partial charge in [0, 0.05) is 22.7 Å². The van der Waals surface area contributed by atoms with Crippen molar-refractivity contribution in [1.82, 2.24) is 0 Å². The number of nitrogens with zero attached hydrogens (tertiary/aromatic N) is 1. The molecule has 0 saturated carbocycles. The largest absolute Gasteiger partial charge is 0.321 e. The number of nitro benzene ring substituents is 1. The molecule has 2 aromatic rings. The molecule has 0 bridgehead atoms. The molecule has 0 aliphatic carbocycles. The third kappa shape index (κ3) is 3.03. The van der Waals surface area contributed by atoms with E-state index in [1.54, 1.807) is 12.1 Å². The van der Waals surface area contributed by atoms with Crippen LogP contribution in [0.25, 0.3) is 0 Å². The first-order valence-corrected chi connectivity index (χ1v) is 6.98. The number of anilines is 1. The lowest BCUT2D eigenvalue weighted by Crippen LogP contribution is -2.10. The number of nitro groups is 1. The average molecular weight is 290 g/mol. The van der Waals surface area contributed by atoms with Crippen LogP contribution in [0.1, 0.15) is 27.0 Å². The van der Waals surface area contributed by atoms with Gasteiger partial charge in [-0.05, 0) is 31.0 Å². The zero-order valence-electron chi connectivity index (χ0n) is 11.2. The highest BCUT2D eigenvalue weighted by molar-refractivity contribution is 7.14. The molecule has 1 aromatic heterocycles. The van der Waals surface area contributed by atoms with Crippen LogP contribution in [-0.4, -0.2) is 10.8 Å². The molecule has 20 heavy (non-hydrogen) atoms. The molecule has 5 nitrogen and oxygen atoms in total. The van der Waals surface area contributed by atoms with Crippen LogP contribution in [0.2, 0.25) is 0 Å². The average Bonchev–Trinajstić information content (AvgIpc) is 2.80. The molecule has 1 N–H and O–H groups in total. The van der Waals surface area contributed by atoms with Gasteiger partial charge in [0.2, 0.25) is 0 Å². The Hall–Kier alpha value is -2.21.